The molecule has 2 unspecified atom stereocenters. The summed E-state index contributed by atoms with van der Waals surface area (Å²) in [6.07, 6.45) is 4.25. The van der Waals surface area contributed by atoms with Gasteiger partial charge >= 0.3 is 5.97 Å². The molecule has 1 fully saturated rings. The van der Waals surface area contributed by atoms with Gasteiger partial charge in [0.25, 0.3) is 0 Å². The molecular formula is C15H18O3. The highest BCUT2D eigenvalue weighted by atomic mass is 16.5. The Balaban J connectivity index is 2.26. The van der Waals surface area contributed by atoms with Gasteiger partial charge in [-0.15, -0.1) is 0 Å². The van der Waals surface area contributed by atoms with Crippen LogP contribution in [0.1, 0.15) is 32.6 Å². The van der Waals surface area contributed by atoms with Gasteiger partial charge in [-0.05, 0) is 37.8 Å². The molecule has 3 nitrogen and oxygen atoms in total. The molecule has 96 valence electrons. The number of carbonyl (C=O) groups excluding carboxylic acids is 2. The summed E-state index contributed by atoms with van der Waals surface area (Å²) in [5.41, 5.74) is 2.25. The fourth-order valence-corrected chi connectivity index (χ4v) is 2.44. The smallest absolute Gasteiger partial charge is 0.334 e. The molecule has 2 atom stereocenters. The van der Waals surface area contributed by atoms with Gasteiger partial charge < -0.3 is 4.74 Å². The van der Waals surface area contributed by atoms with Crippen LogP contribution in [0.15, 0.2) is 36.0 Å². The normalized spacial score (nSPS) is 29.7. The van der Waals surface area contributed by atoms with Crippen molar-refractivity contribution in [2.24, 2.45) is 5.92 Å². The molecule has 0 aromatic rings. The minimum Gasteiger partial charge on any atom is -0.454 e. The van der Waals surface area contributed by atoms with Gasteiger partial charge in [-0.2, -0.15) is 0 Å². The highest BCUT2D eigenvalue weighted by molar-refractivity contribution is 5.95. The second-order valence-corrected chi connectivity index (χ2v) is 5.08. The average Bonchev–Trinajstić information content (AvgIpc) is 2.58. The van der Waals surface area contributed by atoms with Crippen molar-refractivity contribution in [1.29, 1.82) is 0 Å². The SMILES string of the molecule is C=C1CCC2C(=C)C(=O)OC2C=C(C)CCC1=O. The van der Waals surface area contributed by atoms with E-state index in [1.54, 1.807) is 0 Å². The van der Waals surface area contributed by atoms with Crippen molar-refractivity contribution in [3.8, 4) is 0 Å². The van der Waals surface area contributed by atoms with Gasteiger partial charge in [-0.25, -0.2) is 4.79 Å². The van der Waals surface area contributed by atoms with Crippen LogP contribution in [-0.4, -0.2) is 17.9 Å². The Morgan fingerprint density at radius 1 is 1.22 bits per heavy atom. The maximum absolute atomic E-state index is 11.8. The summed E-state index contributed by atoms with van der Waals surface area (Å²) < 4.78 is 5.31. The number of fused-ring (bicyclic) bond motifs is 1. The Morgan fingerprint density at radius 3 is 2.67 bits per heavy atom. The van der Waals surface area contributed by atoms with Crippen molar-refractivity contribution in [2.45, 2.75) is 38.7 Å². The average molecular weight is 246 g/mol. The molecule has 18 heavy (non-hydrogen) atoms. The molecule has 0 bridgehead atoms. The standard InChI is InChI=1S/C15H18O3/c1-9-4-7-13(16)10(2)5-6-12-11(3)15(17)18-14(12)8-9/h8,12,14H,2-7H2,1H3. The highest BCUT2D eigenvalue weighted by Gasteiger charge is 2.37. The van der Waals surface area contributed by atoms with E-state index in [-0.39, 0.29) is 23.8 Å². The quantitative estimate of drug-likeness (QED) is 0.375. The van der Waals surface area contributed by atoms with Crippen LogP contribution in [0.4, 0.5) is 0 Å². The van der Waals surface area contributed by atoms with Gasteiger partial charge in [0.15, 0.2) is 5.78 Å². The summed E-state index contributed by atoms with van der Waals surface area (Å²) in [7, 11) is 0. The zero-order valence-corrected chi connectivity index (χ0v) is 10.7. The molecule has 0 aromatic heterocycles. The summed E-state index contributed by atoms with van der Waals surface area (Å²) in [5.74, 6) is -0.211. The van der Waals surface area contributed by atoms with Gasteiger partial charge in [-0.1, -0.05) is 18.7 Å². The molecule has 0 radical (unpaired) electrons. The monoisotopic (exact) mass is 246 g/mol. The van der Waals surface area contributed by atoms with Crippen LogP contribution >= 0.6 is 0 Å². The van der Waals surface area contributed by atoms with Crippen molar-refractivity contribution in [2.75, 3.05) is 0 Å². The van der Waals surface area contributed by atoms with Crippen molar-refractivity contribution >= 4 is 11.8 Å². The number of hydrogen-bond acceptors (Lipinski definition) is 3. The van der Waals surface area contributed by atoms with Crippen LogP contribution in [0.25, 0.3) is 0 Å². The lowest BCUT2D eigenvalue weighted by Gasteiger charge is -2.17. The number of esters is 1. The number of ketones is 1. The first-order chi connectivity index (χ1) is 8.49. The van der Waals surface area contributed by atoms with Gasteiger partial charge in [0.05, 0.1) is 0 Å². The zero-order chi connectivity index (χ0) is 13.3. The fourth-order valence-electron chi connectivity index (χ4n) is 2.44. The van der Waals surface area contributed by atoms with Crippen molar-refractivity contribution in [3.05, 3.63) is 36.0 Å². The molecule has 2 rings (SSSR count). The maximum Gasteiger partial charge on any atom is 0.334 e. The van der Waals surface area contributed by atoms with Gasteiger partial charge in [0.1, 0.15) is 6.10 Å². The van der Waals surface area contributed by atoms with E-state index in [4.69, 9.17) is 4.74 Å². The molecule has 1 saturated heterocycles. The van der Waals surface area contributed by atoms with E-state index in [1.165, 1.54) is 0 Å². The van der Waals surface area contributed by atoms with E-state index >= 15 is 0 Å². The van der Waals surface area contributed by atoms with Crippen LogP contribution in [-0.2, 0) is 14.3 Å². The fraction of sp³-hybridized carbons (Fsp3) is 0.467. The lowest BCUT2D eigenvalue weighted by molar-refractivity contribution is -0.137. The first-order valence-electron chi connectivity index (χ1n) is 6.27. The van der Waals surface area contributed by atoms with Crippen LogP contribution in [0.3, 0.4) is 0 Å². The molecule has 2 aliphatic rings. The molecule has 0 saturated carbocycles. The molecule has 0 aromatic carbocycles. The van der Waals surface area contributed by atoms with Gasteiger partial charge in [0, 0.05) is 17.9 Å². The Morgan fingerprint density at radius 2 is 1.94 bits per heavy atom. The zero-order valence-electron chi connectivity index (χ0n) is 10.7. The lowest BCUT2D eigenvalue weighted by Crippen LogP contribution is -2.17. The molecule has 1 aliphatic heterocycles. The van der Waals surface area contributed by atoms with E-state index in [2.05, 4.69) is 13.2 Å². The largest absolute Gasteiger partial charge is 0.454 e. The molecule has 1 heterocycles. The van der Waals surface area contributed by atoms with Gasteiger partial charge in [0.2, 0.25) is 0 Å². The first kappa shape index (κ1) is 12.8. The molecule has 1 aliphatic carbocycles. The number of ether oxygens (including phenoxy) is 1. The minimum atomic E-state index is -0.315. The van der Waals surface area contributed by atoms with Crippen LogP contribution in [0.5, 0.6) is 0 Å². The third-order valence-corrected chi connectivity index (χ3v) is 3.70. The number of rotatable bonds is 0. The second kappa shape index (κ2) is 4.92. The Hall–Kier alpha value is -1.64. The van der Waals surface area contributed by atoms with E-state index in [1.807, 2.05) is 13.0 Å². The number of carbonyl (C=O) groups is 2. The Bertz CT molecular complexity index is 456. The first-order valence-corrected chi connectivity index (χ1v) is 6.27. The van der Waals surface area contributed by atoms with Crippen molar-refractivity contribution in [3.63, 3.8) is 0 Å². The molecule has 0 spiro atoms. The van der Waals surface area contributed by atoms with Crippen LogP contribution in [0.2, 0.25) is 0 Å². The summed E-state index contributed by atoms with van der Waals surface area (Å²) in [6.45, 7) is 9.59. The van der Waals surface area contributed by atoms with E-state index < -0.39 is 0 Å². The molecule has 0 N–H and O–H groups in total. The third kappa shape index (κ3) is 2.45. The summed E-state index contributed by atoms with van der Waals surface area (Å²) in [4.78, 5) is 23.3. The second-order valence-electron chi connectivity index (χ2n) is 5.08. The van der Waals surface area contributed by atoms with Crippen molar-refractivity contribution < 1.29 is 14.3 Å². The molecular weight excluding hydrogens is 228 g/mol. The van der Waals surface area contributed by atoms with E-state index in [9.17, 15) is 9.59 Å². The van der Waals surface area contributed by atoms with E-state index in [0.717, 1.165) is 5.57 Å². The summed E-state index contributed by atoms with van der Waals surface area (Å²) in [5, 5.41) is 0. The number of Topliss-reactive ketones (excluding diaryl/α,β-unsaturated/α-hetero) is 1. The van der Waals surface area contributed by atoms with Crippen molar-refractivity contribution in [1.82, 2.24) is 0 Å². The van der Waals surface area contributed by atoms with E-state index in [0.29, 0.717) is 36.8 Å². The third-order valence-electron chi connectivity index (χ3n) is 3.70. The number of hydrogen-bond donors (Lipinski definition) is 0. The number of allylic oxidation sites excluding steroid dienone is 2. The summed E-state index contributed by atoms with van der Waals surface area (Å²) in [6, 6.07) is 0. The predicted molar refractivity (Wildman–Crippen MR) is 68.9 cm³/mol. The summed E-state index contributed by atoms with van der Waals surface area (Å²) >= 11 is 0. The maximum atomic E-state index is 11.8. The molecule has 0 amide bonds. The van der Waals surface area contributed by atoms with Crippen LogP contribution in [0, 0.1) is 5.92 Å². The molecule has 3 heteroatoms. The topological polar surface area (TPSA) is 43.4 Å². The van der Waals surface area contributed by atoms with Crippen LogP contribution < -0.4 is 0 Å². The highest BCUT2D eigenvalue weighted by Crippen LogP contribution is 2.34. The Kier molecular flexibility index (Phi) is 3.50. The minimum absolute atomic E-state index is 0.0184. The van der Waals surface area contributed by atoms with Gasteiger partial charge in [-0.3, -0.25) is 4.79 Å². The lowest BCUT2D eigenvalue weighted by atomic mass is 9.87. The predicted octanol–water partition coefficient (Wildman–Crippen LogP) is 2.73. The Labute approximate surface area is 107 Å².